The van der Waals surface area contributed by atoms with Gasteiger partial charge < -0.3 is 63.5 Å². The molecule has 5 amide bonds. The summed E-state index contributed by atoms with van der Waals surface area (Å²) in [4.78, 5) is 150. The van der Waals surface area contributed by atoms with Crippen LogP contribution < -0.4 is 9.44 Å². The zero-order valence-electron chi connectivity index (χ0n) is 72.9. The van der Waals surface area contributed by atoms with Crippen LogP contribution in [0.3, 0.4) is 0 Å². The average molecular weight is 1740 g/mol. The fourth-order valence-corrected chi connectivity index (χ4v) is 19.3. The summed E-state index contributed by atoms with van der Waals surface area (Å²) in [6, 6.07) is -3.32. The molecule has 6 N–H and O–H groups in total. The number of likely N-dealkylation sites (tertiary alicyclic amines) is 2. The molecule has 4 saturated carbocycles. The second-order valence-corrected chi connectivity index (χ2v) is 41.2. The second kappa shape index (κ2) is 42.2. The Balaban J connectivity index is 0.000000286. The van der Waals surface area contributed by atoms with Crippen LogP contribution in [0.2, 0.25) is 0 Å². The number of fused-ring (bicyclic) bond motifs is 2. The molecule has 120 heavy (non-hydrogen) atoms. The Kier molecular flexibility index (Phi) is 35.8. The summed E-state index contributed by atoms with van der Waals surface area (Å²) in [5.74, 6) is -11.1. The molecule has 0 spiro atoms. The first-order valence-corrected chi connectivity index (χ1v) is 45.3. The summed E-state index contributed by atoms with van der Waals surface area (Å²) in [6.07, 6.45) is 7.33. The number of esters is 3. The lowest BCUT2D eigenvalue weighted by Crippen LogP contribution is -2.49. The van der Waals surface area contributed by atoms with Crippen LogP contribution in [0, 0.1) is 40.4 Å². The van der Waals surface area contributed by atoms with E-state index in [0.29, 0.717) is 51.4 Å². The highest BCUT2D eigenvalue weighted by Gasteiger charge is 2.66. The minimum atomic E-state index is -4.31. The number of carbonyl (C=O) groups is 11. The predicted octanol–water partition coefficient (Wildman–Crippen LogP) is 8.82. The molecular formula is C86H135F2N5O25S2. The molecule has 19 atom stereocenters. The second-order valence-electron chi connectivity index (χ2n) is 37.1. The summed E-state index contributed by atoms with van der Waals surface area (Å²) in [5.41, 5.74) is -5.09. The number of alkyl halides is 2. The van der Waals surface area contributed by atoms with E-state index in [1.165, 1.54) is 15.9 Å². The van der Waals surface area contributed by atoms with Gasteiger partial charge in [-0.05, 0) is 191 Å². The summed E-state index contributed by atoms with van der Waals surface area (Å²) < 4.78 is 114. The van der Waals surface area contributed by atoms with Crippen molar-refractivity contribution in [3.05, 3.63) is 50.1 Å². The molecule has 34 heteroatoms. The summed E-state index contributed by atoms with van der Waals surface area (Å²) >= 11 is 0. The maximum absolute atomic E-state index is 14.2. The fraction of sp³-hybridized carbons (Fsp3) is 0.779. The lowest BCUT2D eigenvalue weighted by molar-refractivity contribution is -0.164. The van der Waals surface area contributed by atoms with Crippen LogP contribution in [0.1, 0.15) is 252 Å². The van der Waals surface area contributed by atoms with E-state index in [1.54, 1.807) is 74.5 Å². The van der Waals surface area contributed by atoms with E-state index in [0.717, 1.165) is 11.3 Å². The number of allylic oxidation sites excluding steroid dienone is 5. The van der Waals surface area contributed by atoms with Gasteiger partial charge in [-0.15, -0.1) is 19.7 Å². The van der Waals surface area contributed by atoms with Crippen molar-refractivity contribution in [1.82, 2.24) is 24.1 Å². The van der Waals surface area contributed by atoms with Gasteiger partial charge >= 0.3 is 23.9 Å². The zero-order valence-corrected chi connectivity index (χ0v) is 74.5. The number of carboxylic acids is 1. The van der Waals surface area contributed by atoms with E-state index in [4.69, 9.17) is 28.4 Å². The van der Waals surface area contributed by atoms with Gasteiger partial charge in [0, 0.05) is 51.7 Å². The maximum Gasteiger partial charge on any atom is 0.326 e. The summed E-state index contributed by atoms with van der Waals surface area (Å²) in [5, 5.41) is 40.6. The number of sulfonamides is 2. The number of amides is 5. The van der Waals surface area contributed by atoms with Gasteiger partial charge in [0.15, 0.2) is 11.6 Å². The van der Waals surface area contributed by atoms with Gasteiger partial charge in [0.25, 0.3) is 0 Å². The summed E-state index contributed by atoms with van der Waals surface area (Å²) in [6.45, 7) is 35.2. The van der Waals surface area contributed by atoms with Crippen molar-refractivity contribution in [1.29, 1.82) is 0 Å². The number of ether oxygens (including phenoxy) is 6. The monoisotopic (exact) mass is 1740 g/mol. The lowest BCUT2D eigenvalue weighted by atomic mass is 9.90. The van der Waals surface area contributed by atoms with Crippen LogP contribution in [-0.4, -0.2) is 249 Å². The van der Waals surface area contributed by atoms with Gasteiger partial charge in [0.1, 0.15) is 45.7 Å². The molecule has 30 nitrogen and oxygen atoms in total. The molecule has 7 fully saturated rings. The molecule has 0 bridgehead atoms. The number of Topliss-reactive ketones (excluding diaryl/α,β-unsaturated/α-hetero) is 2. The first kappa shape index (κ1) is 102. The van der Waals surface area contributed by atoms with Crippen LogP contribution >= 0.6 is 0 Å². The third-order valence-electron chi connectivity index (χ3n) is 23.7. The zero-order chi connectivity index (χ0) is 90.4. The number of nitrogens with zero attached hydrogens (tertiary/aromatic N) is 3. The minimum absolute atomic E-state index is 0.0341. The highest BCUT2D eigenvalue weighted by molar-refractivity contribution is 7.92. The number of hydrogen-bond acceptors (Lipinski definition) is 24. The Morgan fingerprint density at radius 1 is 0.658 bits per heavy atom. The number of β-amino-alcohol motifs (C(OH)–C–C–N with tert-alkyl or cyclic N) is 2. The Morgan fingerprint density at radius 3 is 1.52 bits per heavy atom. The number of halogens is 2. The van der Waals surface area contributed by atoms with Crippen LogP contribution in [0.5, 0.6) is 0 Å². The molecule has 8 aliphatic rings. The summed E-state index contributed by atoms with van der Waals surface area (Å²) in [7, 11) is -8.61. The molecule has 0 aromatic carbocycles. The number of nitrogens with one attached hydrogen (secondary N) is 2. The van der Waals surface area contributed by atoms with Crippen molar-refractivity contribution in [3.8, 4) is 0 Å². The van der Waals surface area contributed by atoms with Gasteiger partial charge in [0.2, 0.25) is 49.6 Å². The minimum Gasteiger partial charge on any atom is -0.480 e. The van der Waals surface area contributed by atoms with E-state index in [-0.39, 0.29) is 121 Å². The van der Waals surface area contributed by atoms with E-state index in [2.05, 4.69) is 24.5 Å². The first-order chi connectivity index (χ1) is 55.7. The molecule has 4 aliphatic carbocycles. The SMILES string of the molecule is C=CCC[C@@H](C)O[C@@H](CC)[C@H](CC(=O)OC(C)(C)C)C(=O)N1C[C@H](O)C[C@H]1C(=O)C[C@]1(C(=O)NS(=O)(=O)C2(CF)CC2)C[C@H]1C=C.C=CCC[C@@H](C)O[C@@H](CC)[C@H](CC(=O)OC(C)(C)C)C(=O)N1C[C@H](O)C[C@H]1C(=O)O.CC[C@@H]1O[C@H](C)CC/C=C\[C@@H]2C[C@@]2(C(=O)NS(=O)(=O)C2(CF)CC2)CC(=O)[C@@H]2C[C@@H](O)CN2C(=O)[C@H]1CC(=O)OC(C)(C)C. The third kappa shape index (κ3) is 27.0. The molecular weight excluding hydrogens is 1610 g/mol. The van der Waals surface area contributed by atoms with Crippen LogP contribution in [0.15, 0.2) is 50.1 Å². The Hall–Kier alpha value is -6.95. The highest BCUT2D eigenvalue weighted by atomic mass is 32.2. The first-order valence-electron chi connectivity index (χ1n) is 42.4. The van der Waals surface area contributed by atoms with Gasteiger partial charge in [-0.25, -0.2) is 30.4 Å². The lowest BCUT2D eigenvalue weighted by Gasteiger charge is -2.34. The number of aliphatic hydroxyl groups is 3. The smallest absolute Gasteiger partial charge is 0.326 e. The normalized spacial score (nSPS) is 28.8. The third-order valence-corrected chi connectivity index (χ3v) is 27.9. The van der Waals surface area contributed by atoms with Crippen LogP contribution in [0.25, 0.3) is 0 Å². The van der Waals surface area contributed by atoms with E-state index in [9.17, 15) is 98.8 Å². The van der Waals surface area contributed by atoms with Gasteiger partial charge in [0.05, 0.1) is 115 Å². The van der Waals surface area contributed by atoms with E-state index in [1.807, 2.05) is 58.4 Å². The Labute approximate surface area is 707 Å². The number of aliphatic hydroxyl groups excluding tert-OH is 3. The molecule has 0 aromatic rings. The quantitative estimate of drug-likeness (QED) is 0.0194. The number of rotatable bonds is 36. The Morgan fingerprint density at radius 2 is 1.11 bits per heavy atom. The van der Waals surface area contributed by atoms with Crippen molar-refractivity contribution < 1.29 is 127 Å². The topological polar surface area (TPSA) is 426 Å². The molecule has 680 valence electrons. The highest BCUT2D eigenvalue weighted by Crippen LogP contribution is 2.59. The van der Waals surface area contributed by atoms with Crippen molar-refractivity contribution in [2.75, 3.05) is 33.0 Å². The van der Waals surface area contributed by atoms with Crippen molar-refractivity contribution in [3.63, 3.8) is 0 Å². The number of ketones is 2. The number of aliphatic carboxylic acids is 1. The largest absolute Gasteiger partial charge is 0.480 e. The van der Waals surface area contributed by atoms with Gasteiger partial charge in [-0.3, -0.25) is 57.4 Å². The van der Waals surface area contributed by atoms with Crippen molar-refractivity contribution in [2.24, 2.45) is 40.4 Å². The number of carboxylic acid groups (broad SMARTS) is 1. The van der Waals surface area contributed by atoms with E-state index < -0.39 is 226 Å². The molecule has 4 heterocycles. The number of carbonyl (C=O) groups excluding carboxylic acids is 10. The number of hydrogen-bond donors (Lipinski definition) is 6. The fourth-order valence-electron chi connectivity index (χ4n) is 16.4. The van der Waals surface area contributed by atoms with Crippen molar-refractivity contribution in [2.45, 2.75) is 351 Å². The Bertz CT molecular complexity index is 3940. The molecule has 3 saturated heterocycles. The molecule has 4 aliphatic heterocycles. The predicted molar refractivity (Wildman–Crippen MR) is 440 cm³/mol. The van der Waals surface area contributed by atoms with Gasteiger partial charge in [-0.1, -0.05) is 51.2 Å². The average Bonchev–Trinajstić information content (AvgIpc) is 1.57. The van der Waals surface area contributed by atoms with Crippen LogP contribution in [0.4, 0.5) is 8.78 Å². The maximum atomic E-state index is 14.2. The molecule has 0 unspecified atom stereocenters. The molecule has 0 aromatic heterocycles. The van der Waals surface area contributed by atoms with Gasteiger partial charge in [-0.2, -0.15) is 0 Å². The van der Waals surface area contributed by atoms with E-state index >= 15 is 0 Å². The molecule has 0 radical (unpaired) electrons. The van der Waals surface area contributed by atoms with Crippen LogP contribution in [-0.2, 0) is 101 Å². The van der Waals surface area contributed by atoms with Crippen molar-refractivity contribution >= 4 is 85.0 Å². The standard InChI is InChI=1S/C33H51FN2O9S.C31H47FN2O9S.C22H37NO7/c1-8-11-12-21(4)44-27(10-3)24(16-28(39)45-31(5,6)7)29(40)36-19-23(37)15-25(36)26(38)18-33(17-22(33)9-2)30(41)35-46(42,43)32(20-34)13-14-32;1-6-25-22(14-26(37)43-29(3,4)5)27(38)34-17-21(35)13-23(34)24(36)16-31(15-20(31)10-8-7-9-19(2)42-25)28(39)33-44(40,41)30(18-32)11-12-30;1-7-9-10-14(3)29-18(8-2)16(12-19(25)30-22(4,5)6)20(26)23-13-15(24)11-17(23)21(27)28/h8-9,21-25,27,37H,1-2,10-20H2,3-7H3,(H,35,41);8,10,19-23,25,35H,6-7,9,11-18H2,1-5H3,(H,33,39);7,14-18,24H,1,8-13H2,2-6H3,(H,27,28)/b;10-8-;/t21-,22-,23-,24+,25+,27+,33-;19-,20-,21-,22+,23+,25+,31-;14-,15-,16+,17+,18+/m111/s1. The molecule has 8 rings (SSSR count).